The van der Waals surface area contributed by atoms with Gasteiger partial charge < -0.3 is 25.2 Å². The van der Waals surface area contributed by atoms with E-state index in [1.54, 1.807) is 7.11 Å². The third-order valence-corrected chi connectivity index (χ3v) is 9.19. The van der Waals surface area contributed by atoms with Gasteiger partial charge in [0, 0.05) is 56.6 Å². The first-order valence-corrected chi connectivity index (χ1v) is 15.5. The van der Waals surface area contributed by atoms with Gasteiger partial charge in [-0.3, -0.25) is 4.79 Å². The van der Waals surface area contributed by atoms with Crippen molar-refractivity contribution in [3.8, 4) is 5.75 Å². The van der Waals surface area contributed by atoms with Gasteiger partial charge in [0.15, 0.2) is 0 Å². The summed E-state index contributed by atoms with van der Waals surface area (Å²) in [4.78, 5) is 18.9. The van der Waals surface area contributed by atoms with E-state index in [0.717, 1.165) is 74.2 Å². The van der Waals surface area contributed by atoms with Crippen molar-refractivity contribution in [1.82, 2.24) is 15.5 Å². The summed E-state index contributed by atoms with van der Waals surface area (Å²) in [6.07, 6.45) is 5.14. The number of rotatable bonds is 11. The van der Waals surface area contributed by atoms with Crippen LogP contribution >= 0.6 is 0 Å². The summed E-state index contributed by atoms with van der Waals surface area (Å²) in [5, 5.41) is 7.33. The average Bonchev–Trinajstić information content (AvgIpc) is 3.86. The minimum atomic E-state index is 0.0286. The molecule has 3 aliphatic rings. The molecule has 6 heteroatoms. The van der Waals surface area contributed by atoms with Crippen LogP contribution in [0.5, 0.6) is 5.75 Å². The lowest BCUT2D eigenvalue weighted by Gasteiger charge is -2.41. The van der Waals surface area contributed by atoms with Crippen molar-refractivity contribution >= 4 is 17.2 Å². The maximum atomic E-state index is 14.5. The van der Waals surface area contributed by atoms with E-state index in [4.69, 9.17) is 4.74 Å². The molecule has 2 bridgehead atoms. The molecule has 1 amide bonds. The lowest BCUT2D eigenvalue weighted by atomic mass is 9.83. The number of hydrogen-bond acceptors (Lipinski definition) is 5. The van der Waals surface area contributed by atoms with Crippen molar-refractivity contribution in [2.24, 2.45) is 0 Å². The Morgan fingerprint density at radius 3 is 2.50 bits per heavy atom. The normalized spacial score (nSPS) is 19.9. The Morgan fingerprint density at radius 1 is 0.976 bits per heavy atom. The zero-order valence-corrected chi connectivity index (χ0v) is 25.2. The molecule has 6 rings (SSSR count). The van der Waals surface area contributed by atoms with Crippen LogP contribution in [0.1, 0.15) is 47.9 Å². The van der Waals surface area contributed by atoms with E-state index in [-0.39, 0.29) is 11.9 Å². The van der Waals surface area contributed by atoms with Crippen LogP contribution in [0.2, 0.25) is 0 Å². The van der Waals surface area contributed by atoms with Gasteiger partial charge in [-0.05, 0) is 85.1 Å². The smallest absolute Gasteiger partial charge is 0.252 e. The van der Waals surface area contributed by atoms with Gasteiger partial charge in [0.25, 0.3) is 5.91 Å². The molecule has 1 saturated heterocycles. The zero-order valence-electron chi connectivity index (χ0n) is 25.2. The standard InChI is InChI=1S/C36H44N4O2/c1-25-28(10-7-13-34(25)42-3)24-40(31-18-19-31)36(41)35-32(21-29-22-37-23-33(35)38-29)27-16-14-26(15-17-27)9-8-20-39(2)30-11-5-4-6-12-30/h4-7,10-17,29,31,33,37-38H,8-9,18-24H2,1-3H3/t29-,33+/m0/s1. The molecule has 1 saturated carbocycles. The highest BCUT2D eigenvalue weighted by atomic mass is 16.5. The van der Waals surface area contributed by atoms with Crippen molar-refractivity contribution in [3.63, 3.8) is 0 Å². The first-order chi connectivity index (χ1) is 20.5. The highest BCUT2D eigenvalue weighted by Crippen LogP contribution is 2.37. The van der Waals surface area contributed by atoms with Gasteiger partial charge in [-0.1, -0.05) is 54.6 Å². The van der Waals surface area contributed by atoms with Crippen molar-refractivity contribution in [2.75, 3.05) is 38.7 Å². The monoisotopic (exact) mass is 564 g/mol. The summed E-state index contributed by atoms with van der Waals surface area (Å²) in [7, 11) is 3.87. The van der Waals surface area contributed by atoms with Crippen LogP contribution in [0, 0.1) is 6.92 Å². The third-order valence-electron chi connectivity index (χ3n) is 9.19. The number of para-hydroxylation sites is 1. The number of piperazine rings is 1. The Morgan fingerprint density at radius 2 is 1.76 bits per heavy atom. The van der Waals surface area contributed by atoms with Crippen LogP contribution in [0.25, 0.3) is 5.57 Å². The maximum Gasteiger partial charge on any atom is 0.252 e. The summed E-state index contributed by atoms with van der Waals surface area (Å²) in [6.45, 7) is 5.44. The van der Waals surface area contributed by atoms with E-state index in [9.17, 15) is 4.79 Å². The fourth-order valence-corrected chi connectivity index (χ4v) is 6.59. The second-order valence-corrected chi connectivity index (χ2v) is 12.1. The highest BCUT2D eigenvalue weighted by Gasteiger charge is 2.41. The van der Waals surface area contributed by atoms with Crippen molar-refractivity contribution in [2.45, 2.75) is 63.7 Å². The quantitative estimate of drug-likeness (QED) is 0.329. The summed E-state index contributed by atoms with van der Waals surface area (Å²) >= 11 is 0. The fourth-order valence-electron chi connectivity index (χ4n) is 6.59. The minimum absolute atomic E-state index is 0.0286. The van der Waals surface area contributed by atoms with Crippen molar-refractivity contribution in [1.29, 1.82) is 0 Å². The lowest BCUT2D eigenvalue weighted by molar-refractivity contribution is -0.128. The number of nitrogens with one attached hydrogen (secondary N) is 2. The van der Waals surface area contributed by atoms with Crippen LogP contribution in [-0.4, -0.2) is 62.7 Å². The molecule has 0 aromatic heterocycles. The molecule has 2 fully saturated rings. The maximum absolute atomic E-state index is 14.5. The molecule has 2 aliphatic heterocycles. The number of carbonyl (C=O) groups is 1. The van der Waals surface area contributed by atoms with E-state index >= 15 is 0 Å². The molecule has 42 heavy (non-hydrogen) atoms. The topological polar surface area (TPSA) is 56.8 Å². The third kappa shape index (κ3) is 6.25. The van der Waals surface area contributed by atoms with Crippen molar-refractivity contribution in [3.05, 3.63) is 101 Å². The molecule has 0 radical (unpaired) electrons. The summed E-state index contributed by atoms with van der Waals surface area (Å²) < 4.78 is 5.58. The number of aryl methyl sites for hydroxylation is 1. The van der Waals surface area contributed by atoms with Gasteiger partial charge in [0.1, 0.15) is 5.75 Å². The largest absolute Gasteiger partial charge is 0.496 e. The average molecular weight is 565 g/mol. The SMILES string of the molecule is COc1cccc(CN(C(=O)C2=C(c3ccc(CCCN(C)c4ccccc4)cc3)C[C@H]3CNC[C@H]2N3)C2CC2)c1C. The van der Waals surface area contributed by atoms with Crippen LogP contribution in [0.4, 0.5) is 5.69 Å². The Labute approximate surface area is 250 Å². The Kier molecular flexibility index (Phi) is 8.63. The fraction of sp³-hybridized carbons (Fsp3) is 0.417. The number of ether oxygens (including phenoxy) is 1. The molecular formula is C36H44N4O2. The minimum Gasteiger partial charge on any atom is -0.496 e. The van der Waals surface area contributed by atoms with E-state index in [0.29, 0.717) is 18.6 Å². The molecular weight excluding hydrogens is 520 g/mol. The predicted molar refractivity (Wildman–Crippen MR) is 171 cm³/mol. The lowest BCUT2D eigenvalue weighted by Crippen LogP contribution is -2.60. The predicted octanol–water partition coefficient (Wildman–Crippen LogP) is 5.35. The molecule has 3 aromatic carbocycles. The van der Waals surface area contributed by atoms with Gasteiger partial charge in [-0.2, -0.15) is 0 Å². The number of anilines is 1. The summed E-state index contributed by atoms with van der Waals surface area (Å²) in [5.41, 5.74) is 8.22. The number of benzene rings is 3. The van der Waals surface area contributed by atoms with E-state index in [1.807, 2.05) is 12.1 Å². The van der Waals surface area contributed by atoms with E-state index < -0.39 is 0 Å². The van der Waals surface area contributed by atoms with E-state index in [1.165, 1.54) is 22.4 Å². The number of hydrogen-bond donors (Lipinski definition) is 2. The number of methoxy groups -OCH3 is 1. The van der Waals surface area contributed by atoms with Crippen LogP contribution in [0.15, 0.2) is 78.4 Å². The second-order valence-electron chi connectivity index (χ2n) is 12.1. The van der Waals surface area contributed by atoms with Gasteiger partial charge in [-0.25, -0.2) is 0 Å². The van der Waals surface area contributed by atoms with E-state index in [2.05, 4.69) is 95.1 Å². The molecule has 2 atom stereocenters. The highest BCUT2D eigenvalue weighted by molar-refractivity contribution is 6.03. The number of carbonyl (C=O) groups excluding carboxylic acids is 1. The Balaban J connectivity index is 1.22. The van der Waals surface area contributed by atoms with Gasteiger partial charge in [0.2, 0.25) is 0 Å². The first-order valence-electron chi connectivity index (χ1n) is 15.5. The molecule has 6 nitrogen and oxygen atoms in total. The summed E-state index contributed by atoms with van der Waals surface area (Å²) in [5.74, 6) is 1.06. The summed E-state index contributed by atoms with van der Waals surface area (Å²) in [6, 6.07) is 26.4. The van der Waals surface area contributed by atoms with Crippen LogP contribution in [-0.2, 0) is 17.8 Å². The molecule has 2 heterocycles. The van der Waals surface area contributed by atoms with Gasteiger partial charge in [0.05, 0.1) is 13.2 Å². The van der Waals surface area contributed by atoms with Crippen LogP contribution < -0.4 is 20.3 Å². The van der Waals surface area contributed by atoms with Crippen LogP contribution in [0.3, 0.4) is 0 Å². The molecule has 0 spiro atoms. The van der Waals surface area contributed by atoms with Crippen molar-refractivity contribution < 1.29 is 9.53 Å². The molecule has 220 valence electrons. The van der Waals surface area contributed by atoms with Gasteiger partial charge in [-0.15, -0.1) is 0 Å². The first kappa shape index (κ1) is 28.5. The molecule has 2 N–H and O–H groups in total. The second kappa shape index (κ2) is 12.7. The Hall–Kier alpha value is -3.61. The number of fused-ring (bicyclic) bond motifs is 2. The van der Waals surface area contributed by atoms with Gasteiger partial charge >= 0.3 is 0 Å². The Bertz CT molecular complexity index is 1410. The molecule has 1 aliphatic carbocycles. The zero-order chi connectivity index (χ0) is 29.1. The molecule has 0 unspecified atom stereocenters. The number of amides is 1. The molecule has 3 aromatic rings. The number of nitrogens with zero attached hydrogens (tertiary/aromatic N) is 2.